The third-order valence-corrected chi connectivity index (χ3v) is 2.35. The molecule has 14 heavy (non-hydrogen) atoms. The Morgan fingerprint density at radius 2 is 2.43 bits per heavy atom. The molecule has 0 aromatic carbocycles. The number of hydrogen-bond donors (Lipinski definition) is 1. The fourth-order valence-electron chi connectivity index (χ4n) is 1.59. The SMILES string of the molecule is C#Cc1cc(N2CCC(N)C2)ncn1. The fourth-order valence-corrected chi connectivity index (χ4v) is 1.59. The summed E-state index contributed by atoms with van der Waals surface area (Å²) in [6.07, 6.45) is 7.76. The summed E-state index contributed by atoms with van der Waals surface area (Å²) in [7, 11) is 0. The maximum absolute atomic E-state index is 5.81. The molecule has 0 amide bonds. The second kappa shape index (κ2) is 3.64. The van der Waals surface area contributed by atoms with Gasteiger partial charge < -0.3 is 10.6 Å². The van der Waals surface area contributed by atoms with Crippen LogP contribution in [0.2, 0.25) is 0 Å². The maximum atomic E-state index is 5.81. The lowest BCUT2D eigenvalue weighted by atomic mass is 10.3. The van der Waals surface area contributed by atoms with E-state index in [1.807, 2.05) is 6.07 Å². The van der Waals surface area contributed by atoms with Gasteiger partial charge >= 0.3 is 0 Å². The summed E-state index contributed by atoms with van der Waals surface area (Å²) in [6, 6.07) is 2.07. The van der Waals surface area contributed by atoms with E-state index in [4.69, 9.17) is 12.2 Å². The Morgan fingerprint density at radius 1 is 1.57 bits per heavy atom. The normalized spacial score (nSPS) is 20.9. The Labute approximate surface area is 83.2 Å². The average molecular weight is 188 g/mol. The zero-order valence-electron chi connectivity index (χ0n) is 7.85. The first-order valence-electron chi connectivity index (χ1n) is 4.59. The van der Waals surface area contributed by atoms with Crippen molar-refractivity contribution in [2.75, 3.05) is 18.0 Å². The molecule has 2 rings (SSSR count). The molecule has 1 atom stereocenters. The van der Waals surface area contributed by atoms with Crippen molar-refractivity contribution < 1.29 is 0 Å². The second-order valence-electron chi connectivity index (χ2n) is 3.40. The number of hydrogen-bond acceptors (Lipinski definition) is 4. The van der Waals surface area contributed by atoms with Crippen molar-refractivity contribution in [2.45, 2.75) is 12.5 Å². The van der Waals surface area contributed by atoms with Gasteiger partial charge in [-0.05, 0) is 6.42 Å². The Hall–Kier alpha value is -1.60. The lowest BCUT2D eigenvalue weighted by Crippen LogP contribution is -2.26. The lowest BCUT2D eigenvalue weighted by molar-refractivity contribution is 0.751. The number of terminal acetylenes is 1. The molecule has 4 heteroatoms. The van der Waals surface area contributed by atoms with Gasteiger partial charge in [-0.25, -0.2) is 9.97 Å². The highest BCUT2D eigenvalue weighted by molar-refractivity contribution is 5.43. The molecular formula is C10H12N4. The Balaban J connectivity index is 2.20. The monoisotopic (exact) mass is 188 g/mol. The Bertz CT molecular complexity index is 369. The van der Waals surface area contributed by atoms with Gasteiger partial charge in [0.1, 0.15) is 17.8 Å². The van der Waals surface area contributed by atoms with Crippen molar-refractivity contribution in [3.05, 3.63) is 18.1 Å². The first kappa shape index (κ1) is 8.97. The van der Waals surface area contributed by atoms with Crippen LogP contribution in [-0.2, 0) is 0 Å². The van der Waals surface area contributed by atoms with E-state index in [0.29, 0.717) is 5.69 Å². The molecule has 1 aliphatic rings. The second-order valence-corrected chi connectivity index (χ2v) is 3.40. The van der Waals surface area contributed by atoms with E-state index in [-0.39, 0.29) is 6.04 Å². The highest BCUT2D eigenvalue weighted by atomic mass is 15.2. The summed E-state index contributed by atoms with van der Waals surface area (Å²) in [4.78, 5) is 10.2. The first-order valence-corrected chi connectivity index (χ1v) is 4.59. The molecule has 1 aliphatic heterocycles. The minimum absolute atomic E-state index is 0.249. The zero-order valence-corrected chi connectivity index (χ0v) is 7.85. The number of anilines is 1. The summed E-state index contributed by atoms with van der Waals surface area (Å²) < 4.78 is 0. The van der Waals surface area contributed by atoms with Crippen molar-refractivity contribution in [1.29, 1.82) is 0 Å². The quantitative estimate of drug-likeness (QED) is 0.630. The largest absolute Gasteiger partial charge is 0.355 e. The molecule has 2 N–H and O–H groups in total. The molecular weight excluding hydrogens is 176 g/mol. The molecule has 1 saturated heterocycles. The van der Waals surface area contributed by atoms with Crippen molar-refractivity contribution >= 4 is 5.82 Å². The van der Waals surface area contributed by atoms with Gasteiger partial charge in [0.25, 0.3) is 0 Å². The van der Waals surface area contributed by atoms with Crippen molar-refractivity contribution in [3.63, 3.8) is 0 Å². The van der Waals surface area contributed by atoms with E-state index in [0.717, 1.165) is 25.3 Å². The molecule has 1 unspecified atom stereocenters. The molecule has 1 aromatic heterocycles. The van der Waals surface area contributed by atoms with Crippen molar-refractivity contribution in [3.8, 4) is 12.3 Å². The van der Waals surface area contributed by atoms with E-state index in [2.05, 4.69) is 20.8 Å². The van der Waals surface area contributed by atoms with Crippen LogP contribution >= 0.6 is 0 Å². The highest BCUT2D eigenvalue weighted by Crippen LogP contribution is 2.16. The van der Waals surface area contributed by atoms with Gasteiger partial charge in [0.2, 0.25) is 0 Å². The molecule has 1 fully saturated rings. The third kappa shape index (κ3) is 1.68. The molecule has 1 aromatic rings. The Morgan fingerprint density at radius 3 is 3.07 bits per heavy atom. The van der Waals surface area contributed by atoms with Crippen LogP contribution in [-0.4, -0.2) is 29.1 Å². The van der Waals surface area contributed by atoms with Crippen LogP contribution < -0.4 is 10.6 Å². The average Bonchev–Trinajstić information content (AvgIpc) is 2.65. The third-order valence-electron chi connectivity index (χ3n) is 2.35. The van der Waals surface area contributed by atoms with Gasteiger partial charge in [0.05, 0.1) is 0 Å². The number of nitrogens with zero attached hydrogens (tertiary/aromatic N) is 3. The topological polar surface area (TPSA) is 55.0 Å². The van der Waals surface area contributed by atoms with E-state index < -0.39 is 0 Å². The van der Waals surface area contributed by atoms with Gasteiger partial charge in [-0.2, -0.15) is 0 Å². The van der Waals surface area contributed by atoms with Crippen LogP contribution in [0.25, 0.3) is 0 Å². The van der Waals surface area contributed by atoms with Crippen LogP contribution in [0.4, 0.5) is 5.82 Å². The predicted octanol–water partition coefficient (Wildman–Crippen LogP) is -0.00470. The van der Waals surface area contributed by atoms with Crippen LogP contribution in [0.5, 0.6) is 0 Å². The summed E-state index contributed by atoms with van der Waals surface area (Å²) >= 11 is 0. The van der Waals surface area contributed by atoms with Crippen LogP contribution in [0.3, 0.4) is 0 Å². The minimum atomic E-state index is 0.249. The summed E-state index contributed by atoms with van der Waals surface area (Å²) in [5.41, 5.74) is 6.43. The van der Waals surface area contributed by atoms with Gasteiger partial charge in [0, 0.05) is 25.2 Å². The van der Waals surface area contributed by atoms with Crippen molar-refractivity contribution in [1.82, 2.24) is 9.97 Å². The molecule has 72 valence electrons. The number of aromatic nitrogens is 2. The Kier molecular flexibility index (Phi) is 2.33. The lowest BCUT2D eigenvalue weighted by Gasteiger charge is -2.16. The van der Waals surface area contributed by atoms with Crippen molar-refractivity contribution in [2.24, 2.45) is 5.73 Å². The minimum Gasteiger partial charge on any atom is -0.355 e. The predicted molar refractivity (Wildman–Crippen MR) is 54.8 cm³/mol. The molecule has 0 bridgehead atoms. The summed E-state index contributed by atoms with van der Waals surface area (Å²) in [5.74, 6) is 3.37. The standard InChI is InChI=1S/C10H12N4/c1-2-9-5-10(13-7-12-9)14-4-3-8(11)6-14/h1,5,7-8H,3-4,6,11H2. The van der Waals surface area contributed by atoms with E-state index in [1.165, 1.54) is 6.33 Å². The summed E-state index contributed by atoms with van der Waals surface area (Å²) in [5, 5.41) is 0. The van der Waals surface area contributed by atoms with Crippen LogP contribution in [0.1, 0.15) is 12.1 Å². The van der Waals surface area contributed by atoms with E-state index in [9.17, 15) is 0 Å². The zero-order chi connectivity index (χ0) is 9.97. The molecule has 0 aliphatic carbocycles. The smallest absolute Gasteiger partial charge is 0.133 e. The maximum Gasteiger partial charge on any atom is 0.133 e. The van der Waals surface area contributed by atoms with Gasteiger partial charge in [0.15, 0.2) is 0 Å². The van der Waals surface area contributed by atoms with E-state index >= 15 is 0 Å². The molecule has 0 radical (unpaired) electrons. The molecule has 0 saturated carbocycles. The summed E-state index contributed by atoms with van der Waals surface area (Å²) in [6.45, 7) is 1.79. The van der Waals surface area contributed by atoms with Crippen LogP contribution in [0, 0.1) is 12.3 Å². The molecule has 2 heterocycles. The number of nitrogens with two attached hydrogens (primary N) is 1. The fraction of sp³-hybridized carbons (Fsp3) is 0.400. The van der Waals surface area contributed by atoms with E-state index in [1.54, 1.807) is 0 Å². The highest BCUT2D eigenvalue weighted by Gasteiger charge is 2.20. The van der Waals surface area contributed by atoms with Gasteiger partial charge in [-0.1, -0.05) is 5.92 Å². The van der Waals surface area contributed by atoms with Crippen LogP contribution in [0.15, 0.2) is 12.4 Å². The molecule has 4 nitrogen and oxygen atoms in total. The van der Waals surface area contributed by atoms with Gasteiger partial charge in [-0.3, -0.25) is 0 Å². The first-order chi connectivity index (χ1) is 6.79. The van der Waals surface area contributed by atoms with Gasteiger partial charge in [-0.15, -0.1) is 6.42 Å². The number of rotatable bonds is 1. The molecule has 0 spiro atoms.